The maximum atomic E-state index is 11.8. The fourth-order valence-corrected chi connectivity index (χ4v) is 2.36. The van der Waals surface area contributed by atoms with Crippen molar-refractivity contribution in [2.75, 3.05) is 23.8 Å². The third-order valence-electron chi connectivity index (χ3n) is 3.69. The molecule has 0 spiro atoms. The number of hydrogen-bond acceptors (Lipinski definition) is 6. The Kier molecular flexibility index (Phi) is 3.90. The zero-order chi connectivity index (χ0) is 17.3. The molecule has 24 heavy (non-hydrogen) atoms. The van der Waals surface area contributed by atoms with Crippen molar-refractivity contribution in [3.63, 3.8) is 0 Å². The summed E-state index contributed by atoms with van der Waals surface area (Å²) in [4.78, 5) is 30.1. The second-order valence-corrected chi connectivity index (χ2v) is 5.25. The summed E-state index contributed by atoms with van der Waals surface area (Å²) >= 11 is 0. The van der Waals surface area contributed by atoms with Gasteiger partial charge in [0.2, 0.25) is 5.91 Å². The van der Waals surface area contributed by atoms with Gasteiger partial charge in [-0.25, -0.2) is 15.0 Å². The van der Waals surface area contributed by atoms with Crippen molar-refractivity contribution in [2.24, 2.45) is 10.7 Å². The summed E-state index contributed by atoms with van der Waals surface area (Å²) in [5, 5.41) is 10.7. The minimum absolute atomic E-state index is 0.0156. The van der Waals surface area contributed by atoms with Crippen LogP contribution in [0, 0.1) is 12.3 Å². The molecule has 1 aliphatic heterocycles. The highest BCUT2D eigenvalue weighted by atomic mass is 16.2. The molecule has 0 bridgehead atoms. The Labute approximate surface area is 138 Å². The second-order valence-electron chi connectivity index (χ2n) is 5.25. The zero-order valence-corrected chi connectivity index (χ0v) is 13.2. The summed E-state index contributed by atoms with van der Waals surface area (Å²) < 4.78 is 0. The van der Waals surface area contributed by atoms with Gasteiger partial charge < -0.3 is 11.1 Å². The topological polar surface area (TPSA) is 133 Å². The highest BCUT2D eigenvalue weighted by Crippen LogP contribution is 2.28. The van der Waals surface area contributed by atoms with Gasteiger partial charge in [-0.2, -0.15) is 0 Å². The predicted molar refractivity (Wildman–Crippen MR) is 91.4 cm³/mol. The van der Waals surface area contributed by atoms with Gasteiger partial charge in [0.1, 0.15) is 5.69 Å². The number of anilines is 2. The SMILES string of the molecule is Cc1cc(C(=N)/N=C\N)ncc1-c1cnc2c(n1)N(C)C(=O)CN2. The van der Waals surface area contributed by atoms with E-state index in [2.05, 4.69) is 25.3 Å². The molecule has 9 nitrogen and oxygen atoms in total. The Bertz CT molecular complexity index is 861. The minimum atomic E-state index is -0.0766. The van der Waals surface area contributed by atoms with Crippen LogP contribution >= 0.6 is 0 Å². The second kappa shape index (κ2) is 6.03. The first kappa shape index (κ1) is 15.5. The molecule has 0 aliphatic carbocycles. The Balaban J connectivity index is 2.01. The number of likely N-dealkylation sites (N-methyl/N-ethyl adjacent to an activating group) is 1. The molecule has 0 saturated heterocycles. The number of carbonyl (C=O) groups excluding carboxylic acids is 1. The van der Waals surface area contributed by atoms with Gasteiger partial charge in [0.15, 0.2) is 17.5 Å². The lowest BCUT2D eigenvalue weighted by atomic mass is 10.1. The van der Waals surface area contributed by atoms with Gasteiger partial charge in [-0.15, -0.1) is 0 Å². The molecule has 0 fully saturated rings. The summed E-state index contributed by atoms with van der Waals surface area (Å²) in [7, 11) is 1.67. The smallest absolute Gasteiger partial charge is 0.247 e. The number of hydrogen-bond donors (Lipinski definition) is 3. The highest BCUT2D eigenvalue weighted by Gasteiger charge is 2.23. The maximum Gasteiger partial charge on any atom is 0.247 e. The molecule has 122 valence electrons. The van der Waals surface area contributed by atoms with E-state index in [1.165, 1.54) is 4.90 Å². The maximum absolute atomic E-state index is 11.8. The van der Waals surface area contributed by atoms with Crippen molar-refractivity contribution < 1.29 is 4.79 Å². The van der Waals surface area contributed by atoms with Gasteiger partial charge in [-0.1, -0.05) is 0 Å². The summed E-state index contributed by atoms with van der Waals surface area (Å²) in [5.41, 5.74) is 7.85. The van der Waals surface area contributed by atoms with Crippen molar-refractivity contribution in [2.45, 2.75) is 6.92 Å². The van der Waals surface area contributed by atoms with E-state index in [0.29, 0.717) is 23.0 Å². The Morgan fingerprint density at radius 3 is 2.96 bits per heavy atom. The summed E-state index contributed by atoms with van der Waals surface area (Å²) in [6.07, 6.45) is 4.30. The number of carbonyl (C=O) groups is 1. The van der Waals surface area contributed by atoms with E-state index in [1.54, 1.807) is 25.5 Å². The lowest BCUT2D eigenvalue weighted by Crippen LogP contribution is -2.38. The lowest BCUT2D eigenvalue weighted by molar-refractivity contribution is -0.116. The molecule has 3 rings (SSSR count). The first-order chi connectivity index (χ1) is 11.5. The largest absolute Gasteiger partial charge is 0.390 e. The standard InChI is InChI=1S/C15H16N8O/c1-8-3-10(13(17)21-7-16)18-4-9(8)11-5-19-14-15(22-11)23(2)12(24)6-20-14/h3-5,7H,6H2,1-2H3,(H,19,20)(H3,16,17,21). The molecule has 0 radical (unpaired) electrons. The number of aromatic nitrogens is 3. The normalized spacial score (nSPS) is 13.8. The van der Waals surface area contributed by atoms with Crippen LogP contribution in [0.25, 0.3) is 11.3 Å². The van der Waals surface area contributed by atoms with E-state index in [0.717, 1.165) is 17.5 Å². The fraction of sp³-hybridized carbons (Fsp3) is 0.200. The molecule has 0 unspecified atom stereocenters. The van der Waals surface area contributed by atoms with Crippen LogP contribution in [-0.2, 0) is 4.79 Å². The van der Waals surface area contributed by atoms with Gasteiger partial charge in [-0.05, 0) is 18.6 Å². The average molecular weight is 324 g/mol. The average Bonchev–Trinajstić information content (AvgIpc) is 2.58. The number of nitrogens with two attached hydrogens (primary N) is 1. The first-order valence-corrected chi connectivity index (χ1v) is 7.19. The molecular weight excluding hydrogens is 308 g/mol. The minimum Gasteiger partial charge on any atom is -0.390 e. The number of pyridine rings is 1. The van der Waals surface area contributed by atoms with Crippen LogP contribution in [0.5, 0.6) is 0 Å². The van der Waals surface area contributed by atoms with Crippen LogP contribution in [0.3, 0.4) is 0 Å². The van der Waals surface area contributed by atoms with Crippen LogP contribution in [-0.4, -0.2) is 46.6 Å². The molecule has 0 atom stereocenters. The van der Waals surface area contributed by atoms with E-state index in [1.807, 2.05) is 6.92 Å². The van der Waals surface area contributed by atoms with Gasteiger partial charge in [0.25, 0.3) is 0 Å². The Hall–Kier alpha value is -3.36. The number of amides is 1. The molecule has 1 aliphatic rings. The number of aryl methyl sites for hydroxylation is 1. The van der Waals surface area contributed by atoms with Crippen LogP contribution in [0.1, 0.15) is 11.3 Å². The summed E-state index contributed by atoms with van der Waals surface area (Å²) in [5.74, 6) is 0.959. The van der Waals surface area contributed by atoms with Gasteiger partial charge in [0.05, 0.1) is 24.8 Å². The van der Waals surface area contributed by atoms with Crippen molar-refractivity contribution >= 4 is 29.7 Å². The molecular formula is C15H16N8O. The van der Waals surface area contributed by atoms with E-state index in [9.17, 15) is 4.79 Å². The molecule has 3 heterocycles. The Morgan fingerprint density at radius 2 is 2.25 bits per heavy atom. The monoisotopic (exact) mass is 324 g/mol. The summed E-state index contributed by atoms with van der Waals surface area (Å²) in [6, 6.07) is 1.74. The molecule has 9 heteroatoms. The third-order valence-corrected chi connectivity index (χ3v) is 3.69. The van der Waals surface area contributed by atoms with Crippen molar-refractivity contribution in [1.82, 2.24) is 15.0 Å². The van der Waals surface area contributed by atoms with Crippen LogP contribution in [0.2, 0.25) is 0 Å². The van der Waals surface area contributed by atoms with E-state index in [-0.39, 0.29) is 18.3 Å². The molecule has 4 N–H and O–H groups in total. The third kappa shape index (κ3) is 2.67. The molecule has 2 aromatic rings. The van der Waals surface area contributed by atoms with E-state index in [4.69, 9.17) is 11.1 Å². The van der Waals surface area contributed by atoms with Crippen LogP contribution < -0.4 is 16.0 Å². The Morgan fingerprint density at radius 1 is 1.46 bits per heavy atom. The number of nitrogens with one attached hydrogen (secondary N) is 2. The predicted octanol–water partition coefficient (Wildman–Crippen LogP) is 0.548. The quantitative estimate of drug-likeness (QED) is 0.545. The molecule has 2 aromatic heterocycles. The van der Waals surface area contributed by atoms with Crippen molar-refractivity contribution in [3.05, 3.63) is 29.7 Å². The zero-order valence-electron chi connectivity index (χ0n) is 13.2. The number of aliphatic imine (C=N–C) groups is 1. The highest BCUT2D eigenvalue weighted by molar-refractivity contribution is 6.01. The molecule has 0 saturated carbocycles. The number of rotatable bonds is 2. The molecule has 1 amide bonds. The van der Waals surface area contributed by atoms with Gasteiger partial charge in [-0.3, -0.25) is 20.1 Å². The van der Waals surface area contributed by atoms with Gasteiger partial charge >= 0.3 is 0 Å². The van der Waals surface area contributed by atoms with Crippen molar-refractivity contribution in [1.29, 1.82) is 5.41 Å². The number of nitrogens with zero attached hydrogens (tertiary/aromatic N) is 5. The molecule has 0 aromatic carbocycles. The number of amidine groups is 1. The summed E-state index contributed by atoms with van der Waals surface area (Å²) in [6.45, 7) is 2.09. The first-order valence-electron chi connectivity index (χ1n) is 7.19. The van der Waals surface area contributed by atoms with E-state index >= 15 is 0 Å². The van der Waals surface area contributed by atoms with Gasteiger partial charge in [0, 0.05) is 18.8 Å². The number of fused-ring (bicyclic) bond motifs is 1. The van der Waals surface area contributed by atoms with E-state index < -0.39 is 0 Å². The van der Waals surface area contributed by atoms with Crippen LogP contribution in [0.15, 0.2) is 23.5 Å². The van der Waals surface area contributed by atoms with Crippen LogP contribution in [0.4, 0.5) is 11.6 Å². The van der Waals surface area contributed by atoms with Crippen molar-refractivity contribution in [3.8, 4) is 11.3 Å². The fourth-order valence-electron chi connectivity index (χ4n) is 2.36. The lowest BCUT2D eigenvalue weighted by Gasteiger charge is -2.25.